The second-order valence-corrected chi connectivity index (χ2v) is 4.08. The van der Waals surface area contributed by atoms with Gasteiger partial charge in [-0.3, -0.25) is 14.4 Å². The molecule has 20 heavy (non-hydrogen) atoms. The minimum absolute atomic E-state index is 0.0171. The van der Waals surface area contributed by atoms with Crippen LogP contribution >= 0.6 is 0 Å². The SMILES string of the molecule is NCC(=O)NCC(=O)Nc1ccccc1CCC(=O)O. The summed E-state index contributed by atoms with van der Waals surface area (Å²) in [5.74, 6) is -1.71. The Morgan fingerprint density at radius 2 is 1.85 bits per heavy atom. The van der Waals surface area contributed by atoms with Crippen molar-refractivity contribution in [2.45, 2.75) is 12.8 Å². The third-order valence-electron chi connectivity index (χ3n) is 2.53. The molecule has 0 aliphatic carbocycles. The van der Waals surface area contributed by atoms with Gasteiger partial charge in [0.1, 0.15) is 0 Å². The van der Waals surface area contributed by atoms with Crippen LogP contribution in [-0.2, 0) is 20.8 Å². The Balaban J connectivity index is 2.60. The lowest BCUT2D eigenvalue weighted by molar-refractivity contribution is -0.137. The molecule has 0 unspecified atom stereocenters. The maximum absolute atomic E-state index is 11.6. The summed E-state index contributed by atoms with van der Waals surface area (Å²) in [6.07, 6.45) is 0.303. The zero-order valence-electron chi connectivity index (χ0n) is 10.9. The Bertz CT molecular complexity index is 502. The largest absolute Gasteiger partial charge is 0.481 e. The van der Waals surface area contributed by atoms with Gasteiger partial charge < -0.3 is 21.5 Å². The van der Waals surface area contributed by atoms with Gasteiger partial charge in [0.15, 0.2) is 0 Å². The van der Waals surface area contributed by atoms with Gasteiger partial charge in [0.05, 0.1) is 13.1 Å². The van der Waals surface area contributed by atoms with E-state index in [1.54, 1.807) is 24.3 Å². The zero-order chi connectivity index (χ0) is 15.0. The maximum atomic E-state index is 11.6. The van der Waals surface area contributed by atoms with Crippen LogP contribution in [0.3, 0.4) is 0 Å². The number of hydrogen-bond donors (Lipinski definition) is 4. The van der Waals surface area contributed by atoms with E-state index in [2.05, 4.69) is 10.6 Å². The van der Waals surface area contributed by atoms with Crippen LogP contribution < -0.4 is 16.4 Å². The number of aryl methyl sites for hydroxylation is 1. The van der Waals surface area contributed by atoms with Gasteiger partial charge in [-0.1, -0.05) is 18.2 Å². The van der Waals surface area contributed by atoms with Crippen LogP contribution in [0.25, 0.3) is 0 Å². The molecule has 5 N–H and O–H groups in total. The molecule has 0 radical (unpaired) electrons. The Kier molecular flexibility index (Phi) is 6.18. The summed E-state index contributed by atoms with van der Waals surface area (Å²) < 4.78 is 0. The van der Waals surface area contributed by atoms with Crippen LogP contribution in [0.15, 0.2) is 24.3 Å². The van der Waals surface area contributed by atoms with Gasteiger partial charge in [0.25, 0.3) is 0 Å². The molecular formula is C13H17N3O4. The van der Waals surface area contributed by atoms with E-state index in [1.807, 2.05) is 0 Å². The average molecular weight is 279 g/mol. The van der Waals surface area contributed by atoms with Crippen molar-refractivity contribution in [3.8, 4) is 0 Å². The zero-order valence-corrected chi connectivity index (χ0v) is 10.9. The first kappa shape index (κ1) is 15.6. The summed E-state index contributed by atoms with van der Waals surface area (Å²) in [6.45, 7) is -0.355. The second kappa shape index (κ2) is 7.90. The van der Waals surface area contributed by atoms with Crippen LogP contribution in [0, 0.1) is 0 Å². The molecule has 1 rings (SSSR count). The number of anilines is 1. The van der Waals surface area contributed by atoms with Gasteiger partial charge in [0, 0.05) is 12.1 Å². The molecule has 0 aromatic heterocycles. The fourth-order valence-corrected chi connectivity index (χ4v) is 1.55. The number of benzene rings is 1. The molecule has 7 nitrogen and oxygen atoms in total. The maximum Gasteiger partial charge on any atom is 0.303 e. The molecule has 0 fully saturated rings. The first-order valence-electron chi connectivity index (χ1n) is 6.09. The Labute approximate surface area is 116 Å². The molecule has 7 heteroatoms. The van der Waals surface area contributed by atoms with E-state index < -0.39 is 17.8 Å². The Morgan fingerprint density at radius 1 is 1.15 bits per heavy atom. The summed E-state index contributed by atoms with van der Waals surface area (Å²) in [5, 5.41) is 13.7. The third kappa shape index (κ3) is 5.49. The number of nitrogens with two attached hydrogens (primary N) is 1. The topological polar surface area (TPSA) is 122 Å². The van der Waals surface area contributed by atoms with Crippen LogP contribution in [0.2, 0.25) is 0 Å². The molecule has 2 amide bonds. The summed E-state index contributed by atoms with van der Waals surface area (Å²) in [7, 11) is 0. The van der Waals surface area contributed by atoms with E-state index in [-0.39, 0.29) is 19.5 Å². The number of amides is 2. The van der Waals surface area contributed by atoms with E-state index in [0.717, 1.165) is 5.56 Å². The lowest BCUT2D eigenvalue weighted by Gasteiger charge is -2.10. The highest BCUT2D eigenvalue weighted by Gasteiger charge is 2.08. The lowest BCUT2D eigenvalue weighted by atomic mass is 10.1. The van der Waals surface area contributed by atoms with Gasteiger partial charge in [-0.2, -0.15) is 0 Å². The standard InChI is InChI=1S/C13H17N3O4/c14-7-11(17)15-8-12(18)16-10-4-2-1-3-9(10)5-6-13(19)20/h1-4H,5-8,14H2,(H,15,17)(H,16,18)(H,19,20). The van der Waals surface area contributed by atoms with Crippen LogP contribution in [-0.4, -0.2) is 36.0 Å². The predicted molar refractivity (Wildman–Crippen MR) is 73.1 cm³/mol. The third-order valence-corrected chi connectivity index (χ3v) is 2.53. The first-order valence-corrected chi connectivity index (χ1v) is 6.09. The lowest BCUT2D eigenvalue weighted by Crippen LogP contribution is -2.36. The highest BCUT2D eigenvalue weighted by molar-refractivity contribution is 5.95. The van der Waals surface area contributed by atoms with Crippen molar-refractivity contribution in [2.75, 3.05) is 18.4 Å². The summed E-state index contributed by atoms with van der Waals surface area (Å²) in [4.78, 5) is 33.1. The molecule has 0 saturated carbocycles. The molecule has 0 heterocycles. The number of para-hydroxylation sites is 1. The molecular weight excluding hydrogens is 262 g/mol. The molecule has 0 bridgehead atoms. The van der Waals surface area contributed by atoms with Crippen molar-refractivity contribution in [1.82, 2.24) is 5.32 Å². The van der Waals surface area contributed by atoms with Gasteiger partial charge in [0.2, 0.25) is 11.8 Å². The highest BCUT2D eigenvalue weighted by atomic mass is 16.4. The quantitative estimate of drug-likeness (QED) is 0.547. The Morgan fingerprint density at radius 3 is 2.50 bits per heavy atom. The molecule has 0 saturated heterocycles. The molecule has 0 aliphatic heterocycles. The number of carboxylic acids is 1. The fourth-order valence-electron chi connectivity index (χ4n) is 1.55. The van der Waals surface area contributed by atoms with E-state index >= 15 is 0 Å². The number of nitrogens with one attached hydrogen (secondary N) is 2. The average Bonchev–Trinajstić information content (AvgIpc) is 2.43. The summed E-state index contributed by atoms with van der Waals surface area (Å²) >= 11 is 0. The van der Waals surface area contributed by atoms with Crippen molar-refractivity contribution < 1.29 is 19.5 Å². The number of carbonyl (C=O) groups excluding carboxylic acids is 2. The van der Waals surface area contributed by atoms with Gasteiger partial charge in [-0.15, -0.1) is 0 Å². The van der Waals surface area contributed by atoms with Crippen LogP contribution in [0.1, 0.15) is 12.0 Å². The van der Waals surface area contributed by atoms with E-state index in [0.29, 0.717) is 12.1 Å². The molecule has 0 aliphatic rings. The summed E-state index contributed by atoms with van der Waals surface area (Å²) in [6, 6.07) is 6.93. The summed E-state index contributed by atoms with van der Waals surface area (Å²) in [5.41, 5.74) is 6.38. The minimum atomic E-state index is -0.902. The van der Waals surface area contributed by atoms with Crippen molar-refractivity contribution in [3.63, 3.8) is 0 Å². The normalized spacial score (nSPS) is 9.85. The fraction of sp³-hybridized carbons (Fsp3) is 0.308. The first-order chi connectivity index (χ1) is 9.52. The highest BCUT2D eigenvalue weighted by Crippen LogP contribution is 2.16. The number of carbonyl (C=O) groups is 3. The Hall–Kier alpha value is -2.41. The van der Waals surface area contributed by atoms with E-state index in [1.165, 1.54) is 0 Å². The molecule has 1 aromatic carbocycles. The van der Waals surface area contributed by atoms with E-state index in [9.17, 15) is 14.4 Å². The van der Waals surface area contributed by atoms with E-state index in [4.69, 9.17) is 10.8 Å². The van der Waals surface area contributed by atoms with Crippen molar-refractivity contribution >= 4 is 23.5 Å². The number of aliphatic carboxylic acids is 1. The smallest absolute Gasteiger partial charge is 0.303 e. The number of hydrogen-bond acceptors (Lipinski definition) is 4. The molecule has 0 spiro atoms. The number of carboxylic acid groups (broad SMARTS) is 1. The predicted octanol–water partition coefficient (Wildman–Crippen LogP) is -0.283. The van der Waals surface area contributed by atoms with Gasteiger partial charge >= 0.3 is 5.97 Å². The minimum Gasteiger partial charge on any atom is -0.481 e. The van der Waals surface area contributed by atoms with Crippen LogP contribution in [0.5, 0.6) is 0 Å². The molecule has 0 atom stereocenters. The van der Waals surface area contributed by atoms with Crippen molar-refractivity contribution in [2.24, 2.45) is 5.73 Å². The van der Waals surface area contributed by atoms with Crippen LogP contribution in [0.4, 0.5) is 5.69 Å². The molecule has 108 valence electrons. The number of rotatable bonds is 7. The molecule has 1 aromatic rings. The van der Waals surface area contributed by atoms with Gasteiger partial charge in [-0.05, 0) is 18.1 Å². The second-order valence-electron chi connectivity index (χ2n) is 4.08. The van der Waals surface area contributed by atoms with Gasteiger partial charge in [-0.25, -0.2) is 0 Å². The monoisotopic (exact) mass is 279 g/mol. The van der Waals surface area contributed by atoms with Crippen molar-refractivity contribution in [1.29, 1.82) is 0 Å². The van der Waals surface area contributed by atoms with Crippen molar-refractivity contribution in [3.05, 3.63) is 29.8 Å².